The minimum atomic E-state index is -0.984. The number of nitrogens with one attached hydrogen (secondary N) is 1. The summed E-state index contributed by atoms with van der Waals surface area (Å²) in [6, 6.07) is 6.35. The van der Waals surface area contributed by atoms with Crippen LogP contribution in [0.3, 0.4) is 0 Å². The molecular formula is C18H22N2O5S. The van der Waals surface area contributed by atoms with Crippen molar-refractivity contribution in [2.75, 3.05) is 18.2 Å². The number of rotatable bonds is 5. The predicted molar refractivity (Wildman–Crippen MR) is 97.9 cm³/mol. The van der Waals surface area contributed by atoms with Crippen molar-refractivity contribution in [3.8, 4) is 5.75 Å². The number of amides is 2. The Morgan fingerprint density at radius 2 is 2.12 bits per heavy atom. The average Bonchev–Trinajstić information content (AvgIpc) is 3.11. The molecule has 0 spiro atoms. The summed E-state index contributed by atoms with van der Waals surface area (Å²) in [5.74, 6) is -0.0270. The number of methoxy groups -OCH3 is 1. The lowest BCUT2D eigenvalue weighted by molar-refractivity contribution is -0.160. The number of para-hydroxylation sites is 2. The fourth-order valence-electron chi connectivity index (χ4n) is 3.28. The van der Waals surface area contributed by atoms with E-state index in [1.165, 1.54) is 14.0 Å². The molecular weight excluding hydrogens is 356 g/mol. The van der Waals surface area contributed by atoms with Gasteiger partial charge in [0.05, 0.1) is 17.7 Å². The van der Waals surface area contributed by atoms with E-state index in [0.29, 0.717) is 23.6 Å². The Bertz CT molecular complexity index is 740. The van der Waals surface area contributed by atoms with Crippen LogP contribution < -0.4 is 10.1 Å². The second-order valence-corrected chi connectivity index (χ2v) is 8.04. The van der Waals surface area contributed by atoms with Crippen LogP contribution in [0.25, 0.3) is 0 Å². The molecule has 0 aliphatic carbocycles. The average molecular weight is 378 g/mol. The number of benzene rings is 1. The highest BCUT2D eigenvalue weighted by Gasteiger charge is 2.53. The Labute approximate surface area is 156 Å². The van der Waals surface area contributed by atoms with Gasteiger partial charge >= 0.3 is 5.97 Å². The first-order valence-electron chi connectivity index (χ1n) is 8.46. The molecule has 26 heavy (non-hydrogen) atoms. The summed E-state index contributed by atoms with van der Waals surface area (Å²) in [4.78, 5) is 38.3. The number of fused-ring (bicyclic) bond motifs is 1. The van der Waals surface area contributed by atoms with Crippen molar-refractivity contribution in [2.45, 2.75) is 43.7 Å². The van der Waals surface area contributed by atoms with Gasteiger partial charge in [-0.1, -0.05) is 12.1 Å². The topological polar surface area (TPSA) is 84.9 Å². The number of anilines is 1. The second kappa shape index (κ2) is 7.19. The van der Waals surface area contributed by atoms with E-state index < -0.39 is 24.0 Å². The van der Waals surface area contributed by atoms with Gasteiger partial charge in [0.25, 0.3) is 5.91 Å². The van der Waals surface area contributed by atoms with Gasteiger partial charge in [0.1, 0.15) is 11.8 Å². The van der Waals surface area contributed by atoms with Crippen LogP contribution in [0.1, 0.15) is 26.7 Å². The van der Waals surface area contributed by atoms with E-state index in [0.717, 1.165) is 6.42 Å². The number of nitrogens with zero attached hydrogens (tertiary/aromatic N) is 1. The number of esters is 1. The number of hydrogen-bond acceptors (Lipinski definition) is 6. The third-order valence-corrected chi connectivity index (χ3v) is 6.25. The summed E-state index contributed by atoms with van der Waals surface area (Å²) in [5.41, 5.74) is 0.501. The highest BCUT2D eigenvalue weighted by atomic mass is 32.2. The van der Waals surface area contributed by atoms with Gasteiger partial charge < -0.3 is 19.7 Å². The van der Waals surface area contributed by atoms with Crippen LogP contribution in [0.5, 0.6) is 5.75 Å². The lowest BCUT2D eigenvalue weighted by Crippen LogP contribution is -2.48. The number of carbonyl (C=O) groups excluding carboxylic acids is 3. The van der Waals surface area contributed by atoms with Crippen LogP contribution in [0, 0.1) is 0 Å². The van der Waals surface area contributed by atoms with Gasteiger partial charge in [-0.25, -0.2) is 4.79 Å². The van der Waals surface area contributed by atoms with Crippen LogP contribution in [0.4, 0.5) is 5.69 Å². The lowest BCUT2D eigenvalue weighted by atomic mass is 10.2. The maximum atomic E-state index is 12.5. The van der Waals surface area contributed by atoms with Crippen molar-refractivity contribution in [1.82, 2.24) is 4.90 Å². The van der Waals surface area contributed by atoms with E-state index in [-0.39, 0.29) is 10.8 Å². The summed E-state index contributed by atoms with van der Waals surface area (Å²) in [6.45, 7) is 3.48. The third-order valence-electron chi connectivity index (χ3n) is 4.74. The maximum Gasteiger partial charge on any atom is 0.330 e. The predicted octanol–water partition coefficient (Wildman–Crippen LogP) is 2.02. The molecule has 2 aliphatic rings. The van der Waals surface area contributed by atoms with Crippen molar-refractivity contribution in [3.63, 3.8) is 0 Å². The van der Waals surface area contributed by atoms with Crippen LogP contribution in [-0.4, -0.2) is 52.6 Å². The molecule has 0 saturated carbocycles. The number of thioether (sulfide) groups is 1. The molecule has 140 valence electrons. The number of hydrogen-bond donors (Lipinski definition) is 1. The molecule has 2 amide bonds. The summed E-state index contributed by atoms with van der Waals surface area (Å²) < 4.78 is 10.5. The quantitative estimate of drug-likeness (QED) is 0.789. The summed E-state index contributed by atoms with van der Waals surface area (Å²) in [5, 5.41) is 2.69. The van der Waals surface area contributed by atoms with Gasteiger partial charge in [0, 0.05) is 12.2 Å². The van der Waals surface area contributed by atoms with Crippen molar-refractivity contribution in [2.24, 2.45) is 0 Å². The Morgan fingerprint density at radius 1 is 1.38 bits per heavy atom. The van der Waals surface area contributed by atoms with E-state index in [1.807, 2.05) is 6.92 Å². The highest BCUT2D eigenvalue weighted by Crippen LogP contribution is 2.47. The summed E-state index contributed by atoms with van der Waals surface area (Å²) in [7, 11) is 1.51. The Hall–Kier alpha value is -2.22. The SMILES string of the molecule is COc1ccccc1NC(=O)[C@H](C)OC(=O)[C@@H]1CS[C@@]2(C)CCC(=O)N12. The van der Waals surface area contributed by atoms with Crippen LogP contribution in [0.2, 0.25) is 0 Å². The molecule has 2 heterocycles. The zero-order chi connectivity index (χ0) is 18.9. The molecule has 0 radical (unpaired) electrons. The van der Waals surface area contributed by atoms with E-state index in [1.54, 1.807) is 40.9 Å². The summed E-state index contributed by atoms with van der Waals surface area (Å²) in [6.07, 6.45) is 0.184. The smallest absolute Gasteiger partial charge is 0.330 e. The highest BCUT2D eigenvalue weighted by molar-refractivity contribution is 8.01. The van der Waals surface area contributed by atoms with Gasteiger partial charge in [0.2, 0.25) is 5.91 Å². The Morgan fingerprint density at radius 3 is 2.85 bits per heavy atom. The van der Waals surface area contributed by atoms with E-state index in [2.05, 4.69) is 5.32 Å². The van der Waals surface area contributed by atoms with Crippen LogP contribution in [-0.2, 0) is 19.1 Å². The van der Waals surface area contributed by atoms with Crippen LogP contribution in [0.15, 0.2) is 24.3 Å². The molecule has 0 aromatic heterocycles. The number of carbonyl (C=O) groups is 3. The van der Waals surface area contributed by atoms with E-state index in [4.69, 9.17) is 9.47 Å². The molecule has 2 aliphatic heterocycles. The van der Waals surface area contributed by atoms with Crippen LogP contribution >= 0.6 is 11.8 Å². The maximum absolute atomic E-state index is 12.5. The molecule has 2 saturated heterocycles. The van der Waals surface area contributed by atoms with Crippen molar-refractivity contribution < 1.29 is 23.9 Å². The molecule has 0 bridgehead atoms. The number of ether oxygens (including phenoxy) is 2. The molecule has 7 nitrogen and oxygen atoms in total. The molecule has 2 fully saturated rings. The van der Waals surface area contributed by atoms with Gasteiger partial charge in [-0.3, -0.25) is 9.59 Å². The van der Waals surface area contributed by atoms with E-state index in [9.17, 15) is 14.4 Å². The van der Waals surface area contributed by atoms with Gasteiger partial charge in [-0.2, -0.15) is 0 Å². The van der Waals surface area contributed by atoms with Crippen molar-refractivity contribution in [1.29, 1.82) is 0 Å². The molecule has 3 rings (SSSR count). The molecule has 1 aromatic carbocycles. The second-order valence-electron chi connectivity index (χ2n) is 6.53. The normalized spacial score (nSPS) is 25.6. The van der Waals surface area contributed by atoms with Crippen molar-refractivity contribution >= 4 is 35.2 Å². The largest absolute Gasteiger partial charge is 0.495 e. The zero-order valence-corrected chi connectivity index (χ0v) is 15.8. The Kier molecular flexibility index (Phi) is 5.13. The fourth-order valence-corrected chi connectivity index (χ4v) is 4.70. The first kappa shape index (κ1) is 18.6. The first-order valence-corrected chi connectivity index (χ1v) is 9.45. The monoisotopic (exact) mass is 378 g/mol. The molecule has 1 aromatic rings. The van der Waals surface area contributed by atoms with E-state index >= 15 is 0 Å². The fraction of sp³-hybridized carbons (Fsp3) is 0.500. The molecule has 3 atom stereocenters. The van der Waals surface area contributed by atoms with Gasteiger partial charge in [-0.15, -0.1) is 11.8 Å². The molecule has 1 N–H and O–H groups in total. The molecule has 8 heteroatoms. The zero-order valence-electron chi connectivity index (χ0n) is 15.0. The first-order chi connectivity index (χ1) is 12.4. The Balaban J connectivity index is 1.62. The standard InChI is InChI=1S/C18H22N2O5S/c1-11(16(22)19-12-6-4-5-7-14(12)24-3)25-17(23)13-10-26-18(2)9-8-15(21)20(13)18/h4-7,11,13H,8-10H2,1-3H3,(H,19,22)/t11-,13-,18-/m0/s1. The minimum absolute atomic E-state index is 0.0365. The minimum Gasteiger partial charge on any atom is -0.495 e. The summed E-state index contributed by atoms with van der Waals surface area (Å²) >= 11 is 1.59. The third kappa shape index (κ3) is 3.38. The van der Waals surface area contributed by atoms with Crippen molar-refractivity contribution in [3.05, 3.63) is 24.3 Å². The van der Waals surface area contributed by atoms with Gasteiger partial charge in [0.15, 0.2) is 6.10 Å². The molecule has 0 unspecified atom stereocenters. The lowest BCUT2D eigenvalue weighted by Gasteiger charge is -2.29. The van der Waals surface area contributed by atoms with Gasteiger partial charge in [-0.05, 0) is 32.4 Å².